The van der Waals surface area contributed by atoms with Gasteiger partial charge in [0.15, 0.2) is 17.0 Å². The van der Waals surface area contributed by atoms with Crippen molar-refractivity contribution in [2.45, 2.75) is 24.9 Å². The zero-order valence-electron chi connectivity index (χ0n) is 10.8. The fourth-order valence-corrected chi connectivity index (χ4v) is 2.38. The van der Waals surface area contributed by atoms with Crippen molar-refractivity contribution in [2.24, 2.45) is 5.92 Å². The van der Waals surface area contributed by atoms with Crippen molar-refractivity contribution >= 4 is 17.1 Å². The SMILES string of the molecule is COc1nc(N)nc2c1ncn2C[C@@H]1C[C@H](O)C1(O)O. The zero-order valence-corrected chi connectivity index (χ0v) is 10.8. The number of nitrogens with two attached hydrogens (primary N) is 1. The second-order valence-electron chi connectivity index (χ2n) is 4.89. The van der Waals surface area contributed by atoms with Gasteiger partial charge >= 0.3 is 0 Å². The van der Waals surface area contributed by atoms with E-state index in [1.165, 1.54) is 13.4 Å². The molecule has 0 amide bonds. The summed E-state index contributed by atoms with van der Waals surface area (Å²) in [6.45, 7) is 0.250. The summed E-state index contributed by atoms with van der Waals surface area (Å²) in [6.07, 6.45) is 0.670. The Balaban J connectivity index is 1.95. The number of rotatable bonds is 3. The third-order valence-corrected chi connectivity index (χ3v) is 3.66. The Labute approximate surface area is 113 Å². The lowest BCUT2D eigenvalue weighted by molar-refractivity contribution is -0.318. The zero-order chi connectivity index (χ0) is 14.5. The highest BCUT2D eigenvalue weighted by atomic mass is 16.5. The van der Waals surface area contributed by atoms with Crippen LogP contribution in [0.3, 0.4) is 0 Å². The lowest BCUT2D eigenvalue weighted by atomic mass is 9.75. The summed E-state index contributed by atoms with van der Waals surface area (Å²) >= 11 is 0. The molecule has 0 bridgehead atoms. The van der Waals surface area contributed by atoms with E-state index in [1.54, 1.807) is 4.57 Å². The molecule has 0 aliphatic heterocycles. The standard InChI is InChI=1S/C11H15N5O4/c1-20-9-7-8(14-10(12)15-9)16(4-13-7)3-5-2-6(17)11(5,18)19/h4-6,17-19H,2-3H2,1H3,(H2,12,14,15)/t5-,6-/m0/s1. The van der Waals surface area contributed by atoms with Crippen LogP contribution in [0.25, 0.3) is 11.2 Å². The molecule has 1 fully saturated rings. The molecule has 5 N–H and O–H groups in total. The highest BCUT2D eigenvalue weighted by molar-refractivity contribution is 5.77. The Bertz CT molecular complexity index is 656. The quantitative estimate of drug-likeness (QED) is 0.497. The molecule has 0 unspecified atom stereocenters. The number of fused-ring (bicyclic) bond motifs is 1. The maximum Gasteiger partial charge on any atom is 0.246 e. The molecule has 108 valence electrons. The molecule has 9 heteroatoms. The van der Waals surface area contributed by atoms with Crippen LogP contribution in [0.2, 0.25) is 0 Å². The molecular weight excluding hydrogens is 266 g/mol. The smallest absolute Gasteiger partial charge is 0.246 e. The molecule has 1 aliphatic rings. The predicted molar refractivity (Wildman–Crippen MR) is 67.6 cm³/mol. The summed E-state index contributed by atoms with van der Waals surface area (Å²) in [4.78, 5) is 12.1. The monoisotopic (exact) mass is 281 g/mol. The summed E-state index contributed by atoms with van der Waals surface area (Å²) in [5.41, 5.74) is 6.50. The molecule has 3 rings (SSSR count). The van der Waals surface area contributed by atoms with Crippen molar-refractivity contribution < 1.29 is 20.1 Å². The molecule has 0 saturated heterocycles. The van der Waals surface area contributed by atoms with E-state index in [0.717, 1.165) is 0 Å². The fraction of sp³-hybridized carbons (Fsp3) is 0.545. The van der Waals surface area contributed by atoms with Crippen molar-refractivity contribution in [2.75, 3.05) is 12.8 Å². The van der Waals surface area contributed by atoms with Gasteiger partial charge in [-0.05, 0) is 6.42 Å². The van der Waals surface area contributed by atoms with Crippen molar-refractivity contribution in [3.8, 4) is 5.88 Å². The van der Waals surface area contributed by atoms with E-state index >= 15 is 0 Å². The van der Waals surface area contributed by atoms with Gasteiger partial charge in [0.05, 0.1) is 13.4 Å². The van der Waals surface area contributed by atoms with Crippen molar-refractivity contribution in [3.63, 3.8) is 0 Å². The molecule has 2 atom stereocenters. The molecule has 0 spiro atoms. The van der Waals surface area contributed by atoms with Crippen LogP contribution >= 0.6 is 0 Å². The fourth-order valence-electron chi connectivity index (χ4n) is 2.38. The first-order chi connectivity index (χ1) is 9.43. The first kappa shape index (κ1) is 13.0. The molecule has 1 aliphatic carbocycles. The van der Waals surface area contributed by atoms with Gasteiger partial charge in [-0.2, -0.15) is 9.97 Å². The number of ether oxygens (including phenoxy) is 1. The average molecular weight is 281 g/mol. The Kier molecular flexibility index (Phi) is 2.78. The Hall–Kier alpha value is -1.97. The number of imidazole rings is 1. The molecular formula is C11H15N5O4. The number of nitrogens with zero attached hydrogens (tertiary/aromatic N) is 4. The van der Waals surface area contributed by atoms with Crippen molar-refractivity contribution in [1.29, 1.82) is 0 Å². The lowest BCUT2D eigenvalue weighted by Gasteiger charge is -2.45. The third kappa shape index (κ3) is 1.79. The summed E-state index contributed by atoms with van der Waals surface area (Å²) < 4.78 is 6.71. The molecule has 9 nitrogen and oxygen atoms in total. The minimum absolute atomic E-state index is 0.0454. The van der Waals surface area contributed by atoms with E-state index in [1.807, 2.05) is 0 Å². The number of hydrogen-bond acceptors (Lipinski definition) is 8. The molecule has 0 radical (unpaired) electrons. The van der Waals surface area contributed by atoms with Gasteiger partial charge < -0.3 is 30.4 Å². The van der Waals surface area contributed by atoms with Crippen LogP contribution in [-0.4, -0.2) is 53.8 Å². The minimum atomic E-state index is -2.08. The first-order valence-electron chi connectivity index (χ1n) is 6.08. The number of anilines is 1. The van der Waals surface area contributed by atoms with Gasteiger partial charge in [0.1, 0.15) is 6.10 Å². The number of hydrogen-bond donors (Lipinski definition) is 4. The van der Waals surface area contributed by atoms with Crippen LogP contribution in [0.5, 0.6) is 5.88 Å². The topological polar surface area (TPSA) is 140 Å². The van der Waals surface area contributed by atoms with Gasteiger partial charge in [-0.25, -0.2) is 4.98 Å². The summed E-state index contributed by atoms with van der Waals surface area (Å²) in [7, 11) is 1.45. The Morgan fingerprint density at radius 1 is 1.50 bits per heavy atom. The second kappa shape index (κ2) is 4.27. The second-order valence-corrected chi connectivity index (χ2v) is 4.89. The molecule has 2 heterocycles. The van der Waals surface area contributed by atoms with Gasteiger partial charge in [0.25, 0.3) is 0 Å². The highest BCUT2D eigenvalue weighted by Crippen LogP contribution is 2.38. The number of aromatic nitrogens is 4. The molecule has 0 aromatic carbocycles. The van der Waals surface area contributed by atoms with E-state index < -0.39 is 17.8 Å². The molecule has 2 aromatic heterocycles. The minimum Gasteiger partial charge on any atom is -0.479 e. The van der Waals surface area contributed by atoms with E-state index in [4.69, 9.17) is 10.5 Å². The van der Waals surface area contributed by atoms with Crippen LogP contribution in [0.4, 0.5) is 5.95 Å². The van der Waals surface area contributed by atoms with Crippen molar-refractivity contribution in [1.82, 2.24) is 19.5 Å². The molecule has 2 aromatic rings. The highest BCUT2D eigenvalue weighted by Gasteiger charge is 2.52. The maximum absolute atomic E-state index is 9.66. The first-order valence-corrected chi connectivity index (χ1v) is 6.08. The van der Waals surface area contributed by atoms with Crippen LogP contribution in [0.15, 0.2) is 6.33 Å². The normalized spacial score (nSPS) is 24.6. The van der Waals surface area contributed by atoms with Crippen LogP contribution < -0.4 is 10.5 Å². The Morgan fingerprint density at radius 2 is 2.25 bits per heavy atom. The average Bonchev–Trinajstić information content (AvgIpc) is 2.80. The van der Waals surface area contributed by atoms with Crippen molar-refractivity contribution in [3.05, 3.63) is 6.33 Å². The lowest BCUT2D eigenvalue weighted by Crippen LogP contribution is -2.60. The van der Waals surface area contributed by atoms with Crippen LogP contribution in [-0.2, 0) is 6.54 Å². The van der Waals surface area contributed by atoms with E-state index in [0.29, 0.717) is 17.6 Å². The summed E-state index contributed by atoms with van der Waals surface area (Å²) in [5, 5.41) is 28.6. The van der Waals surface area contributed by atoms with Gasteiger partial charge in [-0.3, -0.25) is 0 Å². The third-order valence-electron chi connectivity index (χ3n) is 3.66. The largest absolute Gasteiger partial charge is 0.479 e. The van der Waals surface area contributed by atoms with E-state index in [2.05, 4.69) is 15.0 Å². The van der Waals surface area contributed by atoms with Gasteiger partial charge in [0.2, 0.25) is 11.8 Å². The number of aliphatic hydroxyl groups excluding tert-OH is 1. The van der Waals surface area contributed by atoms with Crippen LogP contribution in [0.1, 0.15) is 6.42 Å². The maximum atomic E-state index is 9.66. The molecule has 20 heavy (non-hydrogen) atoms. The number of methoxy groups -OCH3 is 1. The van der Waals surface area contributed by atoms with E-state index in [-0.39, 0.29) is 18.4 Å². The number of aliphatic hydroxyl groups is 3. The molecule has 1 saturated carbocycles. The predicted octanol–water partition coefficient (Wildman–Crippen LogP) is -1.52. The Morgan fingerprint density at radius 3 is 2.85 bits per heavy atom. The summed E-state index contributed by atoms with van der Waals surface area (Å²) in [5.74, 6) is -2.28. The van der Waals surface area contributed by atoms with E-state index in [9.17, 15) is 15.3 Å². The van der Waals surface area contributed by atoms with Gasteiger partial charge in [0, 0.05) is 12.5 Å². The number of nitrogen functional groups attached to an aromatic ring is 1. The van der Waals surface area contributed by atoms with Crippen LogP contribution in [0, 0.1) is 5.92 Å². The van der Waals surface area contributed by atoms with Gasteiger partial charge in [-0.1, -0.05) is 0 Å². The van der Waals surface area contributed by atoms with Gasteiger partial charge in [-0.15, -0.1) is 0 Å². The summed E-state index contributed by atoms with van der Waals surface area (Å²) in [6, 6.07) is 0.